The van der Waals surface area contributed by atoms with Crippen LogP contribution in [0.25, 0.3) is 22.3 Å². The average Bonchev–Trinajstić information content (AvgIpc) is 3.64. The summed E-state index contributed by atoms with van der Waals surface area (Å²) in [4.78, 5) is 13.0. The zero-order chi connectivity index (χ0) is 29.1. The van der Waals surface area contributed by atoms with Gasteiger partial charge in [-0.25, -0.2) is 17.2 Å². The van der Waals surface area contributed by atoms with E-state index in [2.05, 4.69) is 5.32 Å². The van der Waals surface area contributed by atoms with Crippen molar-refractivity contribution in [3.63, 3.8) is 0 Å². The molecule has 1 unspecified atom stereocenters. The number of nitrogens with one attached hydrogen (secondary N) is 1. The predicted octanol–water partition coefficient (Wildman–Crippen LogP) is 4.23. The molecule has 6 rings (SSSR count). The first-order valence-electron chi connectivity index (χ1n) is 13.2. The van der Waals surface area contributed by atoms with Gasteiger partial charge >= 0.3 is 7.12 Å². The number of carbonyl (C=O) groups excluding carboxylic acids is 1. The molecule has 41 heavy (non-hydrogen) atoms. The molecule has 1 aliphatic carbocycles. The highest BCUT2D eigenvalue weighted by Crippen LogP contribution is 2.48. The number of amides is 1. The molecule has 1 saturated carbocycles. The number of nitrogens with zero attached hydrogens (tertiary/aromatic N) is 1. The minimum atomic E-state index is -3.83. The SMILES string of the molecule is CNC(=O)c1c(-c2ccc(F)cc2)oc2cc(N(CCC3OB(O)c4cccc(F)c43)S(C)(=O)=O)c(C3CC3)cc12. The van der Waals surface area contributed by atoms with Crippen molar-refractivity contribution in [3.05, 3.63) is 82.9 Å². The number of sulfonamides is 1. The molecule has 1 aliphatic heterocycles. The third kappa shape index (κ3) is 5.00. The van der Waals surface area contributed by atoms with Crippen LogP contribution in [0.5, 0.6) is 0 Å². The van der Waals surface area contributed by atoms with Crippen LogP contribution in [0.1, 0.15) is 52.8 Å². The highest BCUT2D eigenvalue weighted by atomic mass is 32.2. The molecule has 0 bridgehead atoms. The first-order chi connectivity index (χ1) is 19.6. The van der Waals surface area contributed by atoms with Crippen LogP contribution in [0.4, 0.5) is 14.5 Å². The summed E-state index contributed by atoms with van der Waals surface area (Å²) in [7, 11) is -3.63. The van der Waals surface area contributed by atoms with Gasteiger partial charge in [0.05, 0.1) is 23.6 Å². The van der Waals surface area contributed by atoms with Crippen LogP contribution in [0, 0.1) is 11.6 Å². The van der Waals surface area contributed by atoms with Crippen molar-refractivity contribution >= 4 is 45.2 Å². The summed E-state index contributed by atoms with van der Waals surface area (Å²) in [6, 6.07) is 13.3. The standard InChI is InChI=1S/C29H27BF2N2O6S/c1-33-29(35)26-20-14-19(16-6-7-16)23(15-25(20)39-28(26)17-8-10-18(31)11-9-17)34(41(2,37)38)13-12-24-27-21(30(36)40-24)4-3-5-22(27)32/h3-5,8-11,14-16,24,36H,6-7,12-13H2,1-2H3,(H,33,35). The van der Waals surface area contributed by atoms with Crippen molar-refractivity contribution in [3.8, 4) is 11.3 Å². The maximum atomic E-state index is 14.7. The summed E-state index contributed by atoms with van der Waals surface area (Å²) in [6.07, 6.45) is 2.04. The lowest BCUT2D eigenvalue weighted by Gasteiger charge is -2.26. The number of hydrogen-bond donors (Lipinski definition) is 2. The first-order valence-corrected chi connectivity index (χ1v) is 15.1. The second-order valence-electron chi connectivity index (χ2n) is 10.4. The Morgan fingerprint density at radius 3 is 2.54 bits per heavy atom. The second-order valence-corrected chi connectivity index (χ2v) is 12.3. The number of rotatable bonds is 8. The monoisotopic (exact) mass is 580 g/mol. The molecule has 2 heterocycles. The van der Waals surface area contributed by atoms with E-state index in [0.29, 0.717) is 27.7 Å². The largest absolute Gasteiger partial charge is 0.492 e. The van der Waals surface area contributed by atoms with Crippen molar-refractivity contribution in [1.29, 1.82) is 0 Å². The minimum Gasteiger partial charge on any atom is -0.455 e. The molecule has 1 aromatic heterocycles. The van der Waals surface area contributed by atoms with Gasteiger partial charge in [-0.15, -0.1) is 0 Å². The summed E-state index contributed by atoms with van der Waals surface area (Å²) < 4.78 is 67.6. The van der Waals surface area contributed by atoms with Gasteiger partial charge < -0.3 is 19.4 Å². The Kier molecular flexibility index (Phi) is 6.87. The number of carbonyl (C=O) groups is 1. The molecule has 3 aromatic carbocycles. The fourth-order valence-electron chi connectivity index (χ4n) is 5.56. The molecule has 8 nitrogen and oxygen atoms in total. The van der Waals surface area contributed by atoms with Crippen LogP contribution in [0.15, 0.2) is 59.0 Å². The van der Waals surface area contributed by atoms with E-state index in [1.54, 1.807) is 18.2 Å². The van der Waals surface area contributed by atoms with Gasteiger partial charge in [0.15, 0.2) is 0 Å². The van der Waals surface area contributed by atoms with E-state index in [9.17, 15) is 27.0 Å². The molecule has 0 spiro atoms. The average molecular weight is 580 g/mol. The lowest BCUT2D eigenvalue weighted by atomic mass is 9.79. The smallest absolute Gasteiger partial charge is 0.455 e. The van der Waals surface area contributed by atoms with E-state index in [1.165, 1.54) is 47.8 Å². The number of anilines is 1. The Hall–Kier alpha value is -3.74. The Labute approximate surface area is 236 Å². The molecule has 0 radical (unpaired) electrons. The summed E-state index contributed by atoms with van der Waals surface area (Å²) in [5.41, 5.74) is 2.75. The van der Waals surface area contributed by atoms with E-state index in [-0.39, 0.29) is 35.8 Å². The van der Waals surface area contributed by atoms with Gasteiger partial charge in [0.25, 0.3) is 5.91 Å². The zero-order valence-corrected chi connectivity index (χ0v) is 23.2. The van der Waals surface area contributed by atoms with Gasteiger partial charge in [-0.1, -0.05) is 12.1 Å². The van der Waals surface area contributed by atoms with Crippen molar-refractivity contribution < 1.29 is 36.1 Å². The lowest BCUT2D eigenvalue weighted by Crippen LogP contribution is -2.32. The van der Waals surface area contributed by atoms with E-state index in [4.69, 9.17) is 9.07 Å². The number of hydrogen-bond acceptors (Lipinski definition) is 6. The summed E-state index contributed by atoms with van der Waals surface area (Å²) >= 11 is 0. The molecule has 1 amide bonds. The van der Waals surface area contributed by atoms with Crippen LogP contribution >= 0.6 is 0 Å². The Balaban J connectivity index is 1.45. The highest BCUT2D eigenvalue weighted by Gasteiger charge is 2.38. The molecule has 0 saturated heterocycles. The lowest BCUT2D eigenvalue weighted by molar-refractivity contribution is 0.0964. The Bertz CT molecular complexity index is 1770. The molecule has 12 heteroatoms. The zero-order valence-electron chi connectivity index (χ0n) is 22.4. The third-order valence-corrected chi connectivity index (χ3v) is 8.83. The number of furan rings is 1. The fourth-order valence-corrected chi connectivity index (χ4v) is 6.51. The molecule has 2 N–H and O–H groups in total. The van der Waals surface area contributed by atoms with Gasteiger partial charge in [0.1, 0.15) is 23.0 Å². The summed E-state index contributed by atoms with van der Waals surface area (Å²) in [5.74, 6) is -1.03. The topological polar surface area (TPSA) is 109 Å². The van der Waals surface area contributed by atoms with E-state index < -0.39 is 40.8 Å². The third-order valence-electron chi connectivity index (χ3n) is 7.65. The van der Waals surface area contributed by atoms with E-state index >= 15 is 0 Å². The van der Waals surface area contributed by atoms with Crippen molar-refractivity contribution in [1.82, 2.24) is 5.32 Å². The molecule has 4 aromatic rings. The normalized spacial score (nSPS) is 16.7. The van der Waals surface area contributed by atoms with Crippen LogP contribution < -0.4 is 15.1 Å². The molecular formula is C29H27BF2N2O6S. The number of fused-ring (bicyclic) bond motifs is 2. The van der Waals surface area contributed by atoms with Crippen molar-refractivity contribution in [2.75, 3.05) is 24.2 Å². The van der Waals surface area contributed by atoms with Gasteiger partial charge in [-0.05, 0) is 72.6 Å². The van der Waals surface area contributed by atoms with Crippen LogP contribution in [-0.4, -0.2) is 46.3 Å². The summed E-state index contributed by atoms with van der Waals surface area (Å²) in [6.45, 7) is -0.0525. The Morgan fingerprint density at radius 1 is 1.15 bits per heavy atom. The van der Waals surface area contributed by atoms with Crippen LogP contribution in [0.3, 0.4) is 0 Å². The molecule has 1 atom stereocenters. The molecule has 2 aliphatic rings. The minimum absolute atomic E-state index is 0.0525. The Morgan fingerprint density at radius 2 is 1.88 bits per heavy atom. The predicted molar refractivity (Wildman–Crippen MR) is 152 cm³/mol. The van der Waals surface area contributed by atoms with Crippen LogP contribution in [-0.2, 0) is 14.7 Å². The molecular weight excluding hydrogens is 553 g/mol. The number of benzene rings is 3. The fraction of sp³-hybridized carbons (Fsp3) is 0.276. The van der Waals surface area contributed by atoms with E-state index in [1.807, 2.05) is 0 Å². The highest BCUT2D eigenvalue weighted by molar-refractivity contribution is 7.92. The van der Waals surface area contributed by atoms with Crippen molar-refractivity contribution in [2.45, 2.75) is 31.3 Å². The first kappa shape index (κ1) is 27.4. The van der Waals surface area contributed by atoms with Crippen LogP contribution in [0.2, 0.25) is 0 Å². The number of halogens is 2. The molecule has 1 fully saturated rings. The molecule has 212 valence electrons. The van der Waals surface area contributed by atoms with Crippen molar-refractivity contribution in [2.24, 2.45) is 0 Å². The maximum absolute atomic E-state index is 14.7. The van der Waals surface area contributed by atoms with Gasteiger partial charge in [-0.2, -0.15) is 0 Å². The van der Waals surface area contributed by atoms with E-state index in [0.717, 1.165) is 24.7 Å². The second kappa shape index (κ2) is 10.3. The maximum Gasteiger partial charge on any atom is 0.492 e. The summed E-state index contributed by atoms with van der Waals surface area (Å²) in [5, 5.41) is 13.4. The van der Waals surface area contributed by atoms with Gasteiger partial charge in [0.2, 0.25) is 10.0 Å². The van der Waals surface area contributed by atoms with Gasteiger partial charge in [-0.3, -0.25) is 9.10 Å². The quantitative estimate of drug-likeness (QED) is 0.302. The van der Waals surface area contributed by atoms with Gasteiger partial charge in [0, 0.05) is 36.2 Å².